The molecule has 31 heavy (non-hydrogen) atoms. The molecule has 6 heteroatoms. The van der Waals surface area contributed by atoms with Crippen molar-refractivity contribution < 1.29 is 9.53 Å². The van der Waals surface area contributed by atoms with Gasteiger partial charge >= 0.3 is 0 Å². The molecule has 0 saturated carbocycles. The van der Waals surface area contributed by atoms with E-state index >= 15 is 0 Å². The summed E-state index contributed by atoms with van der Waals surface area (Å²) in [6.45, 7) is 0.508. The molecule has 3 N–H and O–H groups in total. The molecule has 3 aromatic carbocycles. The van der Waals surface area contributed by atoms with Crippen molar-refractivity contribution in [1.82, 2.24) is 10.3 Å². The van der Waals surface area contributed by atoms with Gasteiger partial charge in [-0.3, -0.25) is 15.1 Å². The highest BCUT2D eigenvalue weighted by atomic mass is 16.5. The van der Waals surface area contributed by atoms with Crippen molar-refractivity contribution in [2.75, 3.05) is 19.0 Å². The van der Waals surface area contributed by atoms with E-state index in [0.717, 1.165) is 17.6 Å². The number of methoxy groups -OCH3 is 1. The topological polar surface area (TPSA) is 78.5 Å². The van der Waals surface area contributed by atoms with Gasteiger partial charge in [-0.2, -0.15) is 0 Å². The number of carbonyl (C=O) groups is 1. The zero-order valence-electron chi connectivity index (χ0n) is 17.3. The molecule has 0 aliphatic rings. The Kier molecular flexibility index (Phi) is 6.28. The third kappa shape index (κ3) is 4.93. The Bertz CT molecular complexity index is 1200. The first kappa shape index (κ1) is 20.2. The smallest absolute Gasteiger partial charge is 0.257 e. The van der Waals surface area contributed by atoms with Crippen molar-refractivity contribution in [2.45, 2.75) is 6.42 Å². The van der Waals surface area contributed by atoms with E-state index in [-0.39, 0.29) is 5.91 Å². The van der Waals surface area contributed by atoms with Crippen molar-refractivity contribution in [3.8, 4) is 5.75 Å². The number of carbonyl (C=O) groups excluding carboxylic acids is 1. The number of amides is 1. The van der Waals surface area contributed by atoms with Gasteiger partial charge in [-0.15, -0.1) is 0 Å². The van der Waals surface area contributed by atoms with Gasteiger partial charge in [0.15, 0.2) is 0 Å². The normalized spacial score (nSPS) is 11.3. The van der Waals surface area contributed by atoms with E-state index in [9.17, 15) is 4.79 Å². The van der Waals surface area contributed by atoms with E-state index in [1.54, 1.807) is 19.2 Å². The first-order valence-electron chi connectivity index (χ1n) is 10.1. The number of para-hydroxylation sites is 3. The lowest BCUT2D eigenvalue weighted by Crippen LogP contribution is -2.36. The standard InChI is InChI=1S/C25H24N4O2/c1-31-23-14-8-7-13-22(23)28-25(29-24(30)18-9-3-2-4-10-18)26-16-15-19-17-27-21-12-6-5-11-20(19)21/h2-14,17,27H,15-16H2,1H3,(H2,26,28,29,30). The number of aliphatic imine (C=N–C) groups is 1. The molecule has 0 fully saturated rings. The van der Waals surface area contributed by atoms with Gasteiger partial charge in [0, 0.05) is 29.2 Å². The Morgan fingerprint density at radius 3 is 2.55 bits per heavy atom. The third-order valence-electron chi connectivity index (χ3n) is 4.95. The van der Waals surface area contributed by atoms with Gasteiger partial charge in [0.1, 0.15) is 5.75 Å². The molecule has 1 amide bonds. The van der Waals surface area contributed by atoms with Gasteiger partial charge in [0.25, 0.3) is 5.91 Å². The van der Waals surface area contributed by atoms with E-state index in [1.165, 1.54) is 10.9 Å². The van der Waals surface area contributed by atoms with Gasteiger partial charge in [0.2, 0.25) is 5.96 Å². The van der Waals surface area contributed by atoms with Crippen LogP contribution in [0, 0.1) is 0 Å². The molecule has 1 heterocycles. The number of nitrogens with zero attached hydrogens (tertiary/aromatic N) is 1. The lowest BCUT2D eigenvalue weighted by atomic mass is 10.1. The number of H-pyrrole nitrogens is 1. The minimum atomic E-state index is -0.228. The van der Waals surface area contributed by atoms with Crippen molar-refractivity contribution in [3.05, 3.63) is 96.2 Å². The van der Waals surface area contributed by atoms with Gasteiger partial charge in [0.05, 0.1) is 12.8 Å². The molecule has 0 aliphatic carbocycles. The number of anilines is 1. The van der Waals surface area contributed by atoms with Crippen LogP contribution in [0.15, 0.2) is 90.1 Å². The Hall–Kier alpha value is -4.06. The second-order valence-electron chi connectivity index (χ2n) is 6.99. The highest BCUT2D eigenvalue weighted by molar-refractivity contribution is 6.10. The van der Waals surface area contributed by atoms with Gasteiger partial charge in [-0.25, -0.2) is 0 Å². The minimum absolute atomic E-state index is 0.228. The average Bonchev–Trinajstić information content (AvgIpc) is 3.23. The van der Waals surface area contributed by atoms with Crippen LogP contribution >= 0.6 is 0 Å². The largest absolute Gasteiger partial charge is 0.495 e. The van der Waals surface area contributed by atoms with E-state index < -0.39 is 0 Å². The summed E-state index contributed by atoms with van der Waals surface area (Å²) in [7, 11) is 1.61. The molecule has 0 radical (unpaired) electrons. The average molecular weight is 412 g/mol. The zero-order chi connectivity index (χ0) is 21.5. The number of rotatable bonds is 6. The number of hydrogen-bond donors (Lipinski definition) is 3. The lowest BCUT2D eigenvalue weighted by Gasteiger charge is -2.14. The monoisotopic (exact) mass is 412 g/mol. The summed E-state index contributed by atoms with van der Waals surface area (Å²) in [5.41, 5.74) is 3.58. The van der Waals surface area contributed by atoms with Crippen LogP contribution in [0.25, 0.3) is 10.9 Å². The highest BCUT2D eigenvalue weighted by Gasteiger charge is 2.11. The van der Waals surface area contributed by atoms with Crippen LogP contribution in [0.5, 0.6) is 5.75 Å². The molecule has 0 saturated heterocycles. The molecule has 0 atom stereocenters. The molecule has 0 aliphatic heterocycles. The molecular weight excluding hydrogens is 388 g/mol. The Balaban J connectivity index is 1.54. The molecule has 0 spiro atoms. The first-order valence-corrected chi connectivity index (χ1v) is 10.1. The third-order valence-corrected chi connectivity index (χ3v) is 4.95. The van der Waals surface area contributed by atoms with E-state index in [1.807, 2.05) is 60.8 Å². The summed E-state index contributed by atoms with van der Waals surface area (Å²) in [6.07, 6.45) is 2.75. The minimum Gasteiger partial charge on any atom is -0.495 e. The van der Waals surface area contributed by atoms with Crippen LogP contribution in [0.1, 0.15) is 15.9 Å². The molecule has 4 rings (SSSR count). The Morgan fingerprint density at radius 1 is 0.968 bits per heavy atom. The fourth-order valence-corrected chi connectivity index (χ4v) is 3.38. The van der Waals surface area contributed by atoms with Crippen LogP contribution in [-0.4, -0.2) is 30.5 Å². The van der Waals surface area contributed by atoms with Gasteiger partial charge in [-0.05, 0) is 42.3 Å². The summed E-state index contributed by atoms with van der Waals surface area (Å²) < 4.78 is 5.41. The summed E-state index contributed by atoms with van der Waals surface area (Å²) >= 11 is 0. The predicted octanol–water partition coefficient (Wildman–Crippen LogP) is 4.62. The molecule has 0 bridgehead atoms. The van der Waals surface area contributed by atoms with Crippen molar-refractivity contribution in [3.63, 3.8) is 0 Å². The fraction of sp³-hybridized carbons (Fsp3) is 0.120. The van der Waals surface area contributed by atoms with Crippen LogP contribution in [-0.2, 0) is 6.42 Å². The Labute approximate surface area is 181 Å². The summed E-state index contributed by atoms with van der Waals surface area (Å²) in [5, 5.41) is 7.27. The van der Waals surface area contributed by atoms with Crippen molar-refractivity contribution in [2.24, 2.45) is 4.99 Å². The number of nitrogens with one attached hydrogen (secondary N) is 3. The SMILES string of the molecule is COc1ccccc1NC(=NCCc1c[nH]c2ccccc12)NC(=O)c1ccccc1. The number of benzene rings is 3. The molecule has 6 nitrogen and oxygen atoms in total. The lowest BCUT2D eigenvalue weighted by molar-refractivity contribution is 0.0977. The molecule has 4 aromatic rings. The maximum Gasteiger partial charge on any atom is 0.257 e. The molecule has 0 unspecified atom stereocenters. The van der Waals surface area contributed by atoms with Crippen LogP contribution in [0.3, 0.4) is 0 Å². The summed E-state index contributed by atoms with van der Waals surface area (Å²) in [6, 6.07) is 24.8. The number of hydrogen-bond acceptors (Lipinski definition) is 3. The summed E-state index contributed by atoms with van der Waals surface area (Å²) in [5.74, 6) is 0.813. The van der Waals surface area contributed by atoms with Crippen molar-refractivity contribution in [1.29, 1.82) is 0 Å². The Morgan fingerprint density at radius 2 is 1.71 bits per heavy atom. The van der Waals surface area contributed by atoms with Crippen LogP contribution < -0.4 is 15.4 Å². The molecular formula is C25H24N4O2. The van der Waals surface area contributed by atoms with Gasteiger partial charge in [-0.1, -0.05) is 48.5 Å². The highest BCUT2D eigenvalue weighted by Crippen LogP contribution is 2.23. The fourth-order valence-electron chi connectivity index (χ4n) is 3.38. The van der Waals surface area contributed by atoms with Crippen LogP contribution in [0.2, 0.25) is 0 Å². The summed E-state index contributed by atoms with van der Waals surface area (Å²) in [4.78, 5) is 20.6. The molecule has 156 valence electrons. The number of guanidine groups is 1. The number of fused-ring (bicyclic) bond motifs is 1. The zero-order valence-corrected chi connectivity index (χ0v) is 17.3. The van der Waals surface area contributed by atoms with Crippen molar-refractivity contribution >= 4 is 28.5 Å². The maximum absolute atomic E-state index is 12.7. The number of aromatic amines is 1. The van der Waals surface area contributed by atoms with E-state index in [0.29, 0.717) is 23.8 Å². The molecule has 1 aromatic heterocycles. The second kappa shape index (κ2) is 9.63. The maximum atomic E-state index is 12.7. The number of aromatic nitrogens is 1. The first-order chi connectivity index (χ1) is 15.2. The van der Waals surface area contributed by atoms with Gasteiger partial charge < -0.3 is 15.0 Å². The van der Waals surface area contributed by atoms with E-state index in [4.69, 9.17) is 4.74 Å². The van der Waals surface area contributed by atoms with Crippen LogP contribution in [0.4, 0.5) is 5.69 Å². The van der Waals surface area contributed by atoms with E-state index in [2.05, 4.69) is 32.7 Å². The second-order valence-corrected chi connectivity index (χ2v) is 6.99. The number of ether oxygens (including phenoxy) is 1. The quantitative estimate of drug-likeness (QED) is 0.319. The predicted molar refractivity (Wildman–Crippen MR) is 125 cm³/mol.